The molecule has 2 rings (SSSR count). The zero-order valence-corrected chi connectivity index (χ0v) is 16.7. The van der Waals surface area contributed by atoms with Gasteiger partial charge >= 0.3 is 18.5 Å². The fraction of sp³-hybridized carbons (Fsp3) is 0.333. The van der Waals surface area contributed by atoms with Crippen LogP contribution < -0.4 is 14.2 Å². The zero-order chi connectivity index (χ0) is 22.7. The summed E-state index contributed by atoms with van der Waals surface area (Å²) >= 11 is 6.33. The van der Waals surface area contributed by atoms with Crippen LogP contribution in [-0.4, -0.2) is 40.2 Å². The van der Waals surface area contributed by atoms with Crippen molar-refractivity contribution in [1.82, 2.24) is 0 Å². The lowest BCUT2D eigenvalue weighted by Gasteiger charge is -2.18. The third-order valence-corrected chi connectivity index (χ3v) is 6.20. The van der Waals surface area contributed by atoms with Crippen LogP contribution in [0.1, 0.15) is 0 Å². The van der Waals surface area contributed by atoms with Gasteiger partial charge < -0.3 is 9.47 Å². The molecule has 0 saturated heterocycles. The highest BCUT2D eigenvalue weighted by Gasteiger charge is 2.41. The monoisotopic (exact) mass is 501 g/mol. The largest absolute Gasteiger partial charge is 0.487 e. The Bertz CT molecular complexity index is 980. The van der Waals surface area contributed by atoms with Gasteiger partial charge in [-0.25, -0.2) is 17.2 Å². The minimum atomic E-state index is -4.76. The predicted octanol–water partition coefficient (Wildman–Crippen LogP) is 5.42. The molecular formula is C15H11ClF7NO4S2. The van der Waals surface area contributed by atoms with Crippen LogP contribution in [-0.2, 0) is 10.0 Å². The van der Waals surface area contributed by atoms with Gasteiger partial charge in [0.2, 0.25) is 0 Å². The summed E-state index contributed by atoms with van der Waals surface area (Å²) in [5, 5.41) is 0. The number of sulfonamides is 1. The fourth-order valence-electron chi connectivity index (χ4n) is 1.85. The molecule has 0 aliphatic carbocycles. The molecule has 1 heterocycles. The molecule has 0 bridgehead atoms. The van der Waals surface area contributed by atoms with Crippen molar-refractivity contribution in [1.29, 1.82) is 0 Å². The van der Waals surface area contributed by atoms with E-state index in [-0.39, 0.29) is 8.55 Å². The lowest BCUT2D eigenvalue weighted by molar-refractivity contribution is -0.153. The number of alkyl halides is 7. The number of benzene rings is 1. The van der Waals surface area contributed by atoms with E-state index < -0.39 is 58.9 Å². The molecule has 2 aromatic rings. The zero-order valence-electron chi connectivity index (χ0n) is 14.4. The van der Waals surface area contributed by atoms with Gasteiger partial charge in [0, 0.05) is 18.2 Å². The summed E-state index contributed by atoms with van der Waals surface area (Å²) in [5.74, 6) is -5.78. The van der Waals surface area contributed by atoms with Gasteiger partial charge in [0.25, 0.3) is 10.0 Å². The molecule has 1 aromatic carbocycles. The summed E-state index contributed by atoms with van der Waals surface area (Å²) in [7, 11) is -4.24. The number of halogens is 8. The highest BCUT2D eigenvalue weighted by atomic mass is 35.5. The first kappa shape index (κ1) is 24.3. The van der Waals surface area contributed by atoms with Gasteiger partial charge in [-0.05, 0) is 12.1 Å². The van der Waals surface area contributed by atoms with Gasteiger partial charge in [0.1, 0.15) is 15.7 Å². The molecule has 0 fully saturated rings. The minimum Gasteiger partial charge on any atom is -0.487 e. The molecular weight excluding hydrogens is 491 g/mol. The number of hydrogen-bond acceptors (Lipinski definition) is 5. The van der Waals surface area contributed by atoms with E-state index in [1.165, 1.54) is 6.07 Å². The van der Waals surface area contributed by atoms with E-state index in [4.69, 9.17) is 11.6 Å². The number of hydrogen-bond donors (Lipinski definition) is 1. The van der Waals surface area contributed by atoms with Crippen molar-refractivity contribution in [3.05, 3.63) is 34.7 Å². The van der Waals surface area contributed by atoms with Crippen LogP contribution in [0.5, 0.6) is 11.5 Å². The Morgan fingerprint density at radius 1 is 1.00 bits per heavy atom. The topological polar surface area (TPSA) is 64.6 Å². The highest BCUT2D eigenvalue weighted by molar-refractivity contribution is 7.94. The number of nitrogens with one attached hydrogen (secondary N) is 1. The lowest BCUT2D eigenvalue weighted by atomic mass is 10.3. The van der Waals surface area contributed by atoms with Crippen LogP contribution in [0.25, 0.3) is 0 Å². The average molecular weight is 502 g/mol. The molecule has 0 unspecified atom stereocenters. The maximum absolute atomic E-state index is 13.1. The second-order valence-electron chi connectivity index (χ2n) is 5.61. The van der Waals surface area contributed by atoms with Crippen molar-refractivity contribution in [2.24, 2.45) is 0 Å². The Balaban J connectivity index is 2.31. The predicted molar refractivity (Wildman–Crippen MR) is 94.6 cm³/mol. The first-order chi connectivity index (χ1) is 13.7. The van der Waals surface area contributed by atoms with Crippen molar-refractivity contribution < 1.29 is 48.6 Å². The van der Waals surface area contributed by atoms with Gasteiger partial charge in [-0.2, -0.15) is 22.0 Å². The molecule has 30 heavy (non-hydrogen) atoms. The summed E-state index contributed by atoms with van der Waals surface area (Å²) in [6, 6.07) is 4.79. The Hall–Kier alpha value is -1.93. The standard InChI is InChI=1S/C15H11ClF7NO4S2/c16-11-1-2-12(29-11)30(25,26)24-8-3-9(27-6-14(19,20)13(17)18)5-10(4-8)28-7-15(21,22)23/h1-5,13,24H,6-7H2. The number of thiophene rings is 1. The van der Waals surface area contributed by atoms with Crippen molar-refractivity contribution in [2.75, 3.05) is 17.9 Å². The van der Waals surface area contributed by atoms with E-state index in [0.29, 0.717) is 17.4 Å². The maximum Gasteiger partial charge on any atom is 0.422 e. The third-order valence-electron chi connectivity index (χ3n) is 3.10. The third kappa shape index (κ3) is 7.09. The first-order valence-electron chi connectivity index (χ1n) is 7.59. The SMILES string of the molecule is O=S(=O)(Nc1cc(OCC(F)(F)F)cc(OCC(F)(F)C(F)F)c1)c1ccc(Cl)s1. The van der Waals surface area contributed by atoms with E-state index in [1.54, 1.807) is 0 Å². The molecule has 0 saturated carbocycles. The van der Waals surface area contributed by atoms with E-state index in [2.05, 4.69) is 9.47 Å². The van der Waals surface area contributed by atoms with Gasteiger partial charge in [-0.3, -0.25) is 4.72 Å². The Labute approximate surface area is 174 Å². The smallest absolute Gasteiger partial charge is 0.422 e. The lowest BCUT2D eigenvalue weighted by Crippen LogP contribution is -2.33. The number of rotatable bonds is 9. The molecule has 5 nitrogen and oxygen atoms in total. The van der Waals surface area contributed by atoms with Gasteiger partial charge in [-0.1, -0.05) is 11.6 Å². The second-order valence-corrected chi connectivity index (χ2v) is 9.24. The van der Waals surface area contributed by atoms with Gasteiger partial charge in [0.15, 0.2) is 13.2 Å². The Morgan fingerprint density at radius 3 is 2.03 bits per heavy atom. The summed E-state index contributed by atoms with van der Waals surface area (Å²) in [6.45, 7) is -3.59. The molecule has 0 radical (unpaired) electrons. The molecule has 0 spiro atoms. The Morgan fingerprint density at radius 2 is 1.57 bits per heavy atom. The van der Waals surface area contributed by atoms with E-state index in [0.717, 1.165) is 18.2 Å². The summed E-state index contributed by atoms with van der Waals surface area (Å²) in [5.41, 5.74) is -0.422. The quantitative estimate of drug-likeness (QED) is 0.466. The van der Waals surface area contributed by atoms with Gasteiger partial charge in [-0.15, -0.1) is 11.3 Å². The van der Waals surface area contributed by atoms with Gasteiger partial charge in [0.05, 0.1) is 10.0 Å². The van der Waals surface area contributed by atoms with Crippen molar-refractivity contribution in [2.45, 2.75) is 22.7 Å². The van der Waals surface area contributed by atoms with Crippen LogP contribution in [0.2, 0.25) is 4.34 Å². The van der Waals surface area contributed by atoms with Crippen molar-refractivity contribution in [3.8, 4) is 11.5 Å². The number of ether oxygens (including phenoxy) is 2. The van der Waals surface area contributed by atoms with E-state index in [1.807, 2.05) is 4.72 Å². The van der Waals surface area contributed by atoms with E-state index >= 15 is 0 Å². The first-order valence-corrected chi connectivity index (χ1v) is 10.3. The molecule has 0 amide bonds. The molecule has 1 aromatic heterocycles. The molecule has 0 atom stereocenters. The van der Waals surface area contributed by atoms with Crippen LogP contribution in [0.15, 0.2) is 34.5 Å². The van der Waals surface area contributed by atoms with Crippen molar-refractivity contribution in [3.63, 3.8) is 0 Å². The summed E-state index contributed by atoms with van der Waals surface area (Å²) in [4.78, 5) is 0. The molecule has 0 aliphatic heterocycles. The minimum absolute atomic E-state index is 0.135. The highest BCUT2D eigenvalue weighted by Crippen LogP contribution is 2.32. The van der Waals surface area contributed by atoms with Crippen LogP contribution in [0, 0.1) is 0 Å². The summed E-state index contributed by atoms with van der Waals surface area (Å²) < 4.78 is 123. The normalized spacial score (nSPS) is 12.8. The average Bonchev–Trinajstić information content (AvgIpc) is 3.04. The molecule has 1 N–H and O–H groups in total. The van der Waals surface area contributed by atoms with Crippen LogP contribution in [0.3, 0.4) is 0 Å². The maximum atomic E-state index is 13.1. The fourth-order valence-corrected chi connectivity index (χ4v) is 4.38. The molecule has 168 valence electrons. The number of anilines is 1. The Kier molecular flexibility index (Phi) is 7.35. The second kappa shape index (κ2) is 9.06. The van der Waals surface area contributed by atoms with Crippen LogP contribution >= 0.6 is 22.9 Å². The van der Waals surface area contributed by atoms with Crippen molar-refractivity contribution >= 4 is 38.6 Å². The summed E-state index contributed by atoms with van der Waals surface area (Å²) in [6.07, 6.45) is -8.81. The molecule has 0 aliphatic rings. The van der Waals surface area contributed by atoms with E-state index in [9.17, 15) is 39.2 Å². The molecule has 15 heteroatoms. The van der Waals surface area contributed by atoms with Crippen LogP contribution in [0.4, 0.5) is 36.4 Å².